The first-order valence-corrected chi connectivity index (χ1v) is 13.6. The minimum atomic E-state index is -1.21. The zero-order chi connectivity index (χ0) is 28.0. The fourth-order valence-electron chi connectivity index (χ4n) is 3.79. The van der Waals surface area contributed by atoms with E-state index in [2.05, 4.69) is 15.5 Å². The minimum Gasteiger partial charge on any atom is -0.431 e. The highest BCUT2D eigenvalue weighted by Crippen LogP contribution is 2.43. The molecule has 2 amide bonds. The number of nitrogens with two attached hydrogens (primary N) is 1. The highest BCUT2D eigenvalue weighted by Gasteiger charge is 2.58. The van der Waals surface area contributed by atoms with E-state index in [4.69, 9.17) is 29.5 Å². The number of thiazole rings is 1. The number of fused-ring (bicyclic) bond motifs is 1. The SMILES string of the molecule is CCC(C)OC(=O)OC(C)OC(=O)C1(COC)CS[C@@H]2C(NC(=O)C(=NOC)c3csc(N)n3)C(=O)N2C1. The Balaban J connectivity index is 1.63. The van der Waals surface area contributed by atoms with Gasteiger partial charge in [-0.25, -0.2) is 9.78 Å². The number of thioether (sulfide) groups is 1. The summed E-state index contributed by atoms with van der Waals surface area (Å²) in [4.78, 5) is 61.1. The Morgan fingerprint density at radius 3 is 2.63 bits per heavy atom. The lowest BCUT2D eigenvalue weighted by molar-refractivity contribution is -0.186. The number of ether oxygens (including phenoxy) is 4. The van der Waals surface area contributed by atoms with E-state index in [0.29, 0.717) is 6.42 Å². The van der Waals surface area contributed by atoms with Gasteiger partial charge in [-0.1, -0.05) is 12.1 Å². The van der Waals surface area contributed by atoms with Gasteiger partial charge in [0.2, 0.25) is 12.2 Å². The van der Waals surface area contributed by atoms with Gasteiger partial charge in [-0.05, 0) is 13.3 Å². The molecule has 2 saturated heterocycles. The molecule has 3 N–H and O–H groups in total. The Morgan fingerprint density at radius 2 is 2.03 bits per heavy atom. The number of rotatable bonds is 11. The minimum absolute atomic E-state index is 0.00574. The summed E-state index contributed by atoms with van der Waals surface area (Å²) in [5.74, 6) is -1.50. The lowest BCUT2D eigenvalue weighted by Gasteiger charge is -2.53. The number of methoxy groups -OCH3 is 1. The van der Waals surface area contributed by atoms with Crippen LogP contribution in [0, 0.1) is 5.41 Å². The van der Waals surface area contributed by atoms with E-state index >= 15 is 0 Å². The highest BCUT2D eigenvalue weighted by atomic mass is 32.2. The Morgan fingerprint density at radius 1 is 1.29 bits per heavy atom. The van der Waals surface area contributed by atoms with Crippen LogP contribution in [0.4, 0.5) is 9.93 Å². The number of nitrogens with zero attached hydrogens (tertiary/aromatic N) is 3. The number of esters is 1. The van der Waals surface area contributed by atoms with Crippen LogP contribution in [-0.4, -0.2) is 96.5 Å². The van der Waals surface area contributed by atoms with E-state index in [-0.39, 0.29) is 47.5 Å². The summed E-state index contributed by atoms with van der Waals surface area (Å²) in [5, 5.41) is 7.77. The maximum atomic E-state index is 13.1. The molecule has 2 aliphatic rings. The van der Waals surface area contributed by atoms with Crippen molar-refractivity contribution in [1.29, 1.82) is 0 Å². The van der Waals surface area contributed by atoms with Crippen molar-refractivity contribution in [3.05, 3.63) is 11.1 Å². The van der Waals surface area contributed by atoms with Crippen molar-refractivity contribution in [2.24, 2.45) is 10.6 Å². The average Bonchev–Trinajstić information content (AvgIpc) is 3.31. The van der Waals surface area contributed by atoms with Crippen molar-refractivity contribution in [1.82, 2.24) is 15.2 Å². The third-order valence-electron chi connectivity index (χ3n) is 5.85. The van der Waals surface area contributed by atoms with Crippen LogP contribution < -0.4 is 11.1 Å². The predicted octanol–water partition coefficient (Wildman–Crippen LogP) is 0.949. The molecule has 3 heterocycles. The first kappa shape index (κ1) is 29.4. The molecule has 38 heavy (non-hydrogen) atoms. The third-order valence-corrected chi connectivity index (χ3v) is 8.12. The summed E-state index contributed by atoms with van der Waals surface area (Å²) in [6, 6.07) is -0.848. The molecule has 0 saturated carbocycles. The van der Waals surface area contributed by atoms with Gasteiger partial charge in [0.1, 0.15) is 35.7 Å². The molecule has 210 valence electrons. The van der Waals surface area contributed by atoms with Gasteiger partial charge in [-0.15, -0.1) is 23.1 Å². The Bertz CT molecular complexity index is 1080. The van der Waals surface area contributed by atoms with Gasteiger partial charge < -0.3 is 39.7 Å². The van der Waals surface area contributed by atoms with Gasteiger partial charge in [0, 0.05) is 31.7 Å². The summed E-state index contributed by atoms with van der Waals surface area (Å²) in [5.41, 5.74) is 4.54. The summed E-state index contributed by atoms with van der Waals surface area (Å²) in [6.07, 6.45) is -1.91. The number of aromatic nitrogens is 1. The van der Waals surface area contributed by atoms with Crippen LogP contribution >= 0.6 is 23.1 Å². The fourth-order valence-corrected chi connectivity index (χ4v) is 5.85. The standard InChI is InChI=1S/C22H31N5O9S2/c1-6-11(2)34-21(31)36-12(3)35-19(30)22(9-32-4)8-27-17(29)15(18(27)38-10-22)25-16(28)14(26-33-5)13-7-37-20(23)24-13/h7,11-12,15,18H,6,8-10H2,1-5H3,(H2,23,24)(H,25,28)/t11?,12?,15?,18-,22?/m1/s1. The molecular weight excluding hydrogens is 542 g/mol. The summed E-state index contributed by atoms with van der Waals surface area (Å²) >= 11 is 2.42. The Labute approximate surface area is 227 Å². The summed E-state index contributed by atoms with van der Waals surface area (Å²) < 4.78 is 20.7. The lowest BCUT2D eigenvalue weighted by atomic mass is 9.88. The largest absolute Gasteiger partial charge is 0.511 e. The van der Waals surface area contributed by atoms with Gasteiger partial charge in [0.05, 0.1) is 6.61 Å². The first-order chi connectivity index (χ1) is 18.0. The molecular formula is C22H31N5O9S2. The molecule has 2 aliphatic heterocycles. The Kier molecular flexibility index (Phi) is 9.78. The zero-order valence-electron chi connectivity index (χ0n) is 21.6. The van der Waals surface area contributed by atoms with Gasteiger partial charge in [-0.2, -0.15) is 0 Å². The molecule has 1 aromatic heterocycles. The normalized spacial score (nSPS) is 24.4. The topological polar surface area (TPSA) is 181 Å². The molecule has 3 rings (SSSR count). The van der Waals surface area contributed by atoms with E-state index < -0.39 is 41.2 Å². The van der Waals surface area contributed by atoms with Gasteiger partial charge in [-0.3, -0.25) is 14.4 Å². The molecule has 16 heteroatoms. The number of oxime groups is 1. The van der Waals surface area contributed by atoms with Crippen molar-refractivity contribution in [3.8, 4) is 0 Å². The number of β-lactam (4-membered cyclic amide) rings is 1. The van der Waals surface area contributed by atoms with Crippen LogP contribution in [0.25, 0.3) is 0 Å². The van der Waals surface area contributed by atoms with E-state index in [1.54, 1.807) is 12.3 Å². The van der Waals surface area contributed by atoms with Crippen molar-refractivity contribution < 1.29 is 43.0 Å². The first-order valence-electron chi connectivity index (χ1n) is 11.7. The van der Waals surface area contributed by atoms with Gasteiger partial charge >= 0.3 is 12.1 Å². The maximum absolute atomic E-state index is 13.1. The number of nitrogen functional groups attached to an aromatic ring is 1. The van der Waals surface area contributed by atoms with Gasteiger partial charge in [0.25, 0.3) is 5.91 Å². The van der Waals surface area contributed by atoms with Crippen molar-refractivity contribution in [3.63, 3.8) is 0 Å². The monoisotopic (exact) mass is 573 g/mol. The summed E-state index contributed by atoms with van der Waals surface area (Å²) in [7, 11) is 2.71. The zero-order valence-corrected chi connectivity index (χ0v) is 23.3. The van der Waals surface area contributed by atoms with E-state index in [1.807, 2.05) is 6.92 Å². The number of amides is 2. The van der Waals surface area contributed by atoms with Crippen LogP contribution in [-0.2, 0) is 38.2 Å². The number of anilines is 1. The number of hydrogen-bond acceptors (Lipinski definition) is 14. The molecule has 5 atom stereocenters. The van der Waals surface area contributed by atoms with Crippen LogP contribution in [0.1, 0.15) is 32.9 Å². The molecule has 0 aromatic carbocycles. The lowest BCUT2D eigenvalue weighted by Crippen LogP contribution is -2.74. The number of nitrogens with one attached hydrogen (secondary N) is 1. The van der Waals surface area contributed by atoms with Crippen LogP contribution in [0.5, 0.6) is 0 Å². The average molecular weight is 574 g/mol. The second kappa shape index (κ2) is 12.6. The second-order valence-electron chi connectivity index (χ2n) is 8.70. The highest BCUT2D eigenvalue weighted by molar-refractivity contribution is 8.00. The molecule has 14 nitrogen and oxygen atoms in total. The molecule has 2 fully saturated rings. The van der Waals surface area contributed by atoms with Crippen molar-refractivity contribution in [2.75, 3.05) is 38.9 Å². The number of hydrogen-bond donors (Lipinski definition) is 2. The number of carbonyl (C=O) groups excluding carboxylic acids is 4. The second-order valence-corrected chi connectivity index (χ2v) is 10.7. The van der Waals surface area contributed by atoms with E-state index in [9.17, 15) is 19.2 Å². The fraction of sp³-hybridized carbons (Fsp3) is 0.636. The van der Waals surface area contributed by atoms with E-state index in [0.717, 1.165) is 11.3 Å². The molecule has 1 aromatic rings. The molecule has 0 aliphatic carbocycles. The maximum Gasteiger partial charge on any atom is 0.511 e. The van der Waals surface area contributed by atoms with Crippen LogP contribution in [0.2, 0.25) is 0 Å². The summed E-state index contributed by atoms with van der Waals surface area (Å²) in [6.45, 7) is 4.91. The van der Waals surface area contributed by atoms with E-state index in [1.165, 1.54) is 37.8 Å². The Hall–Kier alpha value is -3.11. The quantitative estimate of drug-likeness (QED) is 0.126. The van der Waals surface area contributed by atoms with Crippen LogP contribution in [0.15, 0.2) is 10.5 Å². The predicted molar refractivity (Wildman–Crippen MR) is 137 cm³/mol. The molecule has 0 radical (unpaired) electrons. The van der Waals surface area contributed by atoms with Gasteiger partial charge in [0.15, 0.2) is 10.8 Å². The smallest absolute Gasteiger partial charge is 0.431 e. The van der Waals surface area contributed by atoms with Crippen molar-refractivity contribution in [2.45, 2.75) is 51.0 Å². The number of carbonyl (C=O) groups is 4. The van der Waals surface area contributed by atoms with Crippen LogP contribution in [0.3, 0.4) is 0 Å². The van der Waals surface area contributed by atoms with Crippen molar-refractivity contribution >= 4 is 57.9 Å². The molecule has 4 unspecified atom stereocenters. The third kappa shape index (κ3) is 6.47. The molecule has 0 spiro atoms. The molecule has 0 bridgehead atoms.